The van der Waals surface area contributed by atoms with Crippen molar-refractivity contribution < 1.29 is 24.0 Å². The summed E-state index contributed by atoms with van der Waals surface area (Å²) in [6.07, 6.45) is -0.332. The molecule has 1 amide bonds. The number of carboxylic acids is 1. The minimum Gasteiger partial charge on any atom is -0.481 e. The van der Waals surface area contributed by atoms with Crippen molar-refractivity contribution in [2.75, 3.05) is 11.5 Å². The van der Waals surface area contributed by atoms with Gasteiger partial charge in [-0.15, -0.1) is 0 Å². The maximum Gasteiger partial charge on any atom is 0.419 e. The van der Waals surface area contributed by atoms with Gasteiger partial charge in [0.1, 0.15) is 11.4 Å². The number of aromatic nitrogens is 1. The van der Waals surface area contributed by atoms with Gasteiger partial charge < -0.3 is 14.4 Å². The van der Waals surface area contributed by atoms with Crippen LogP contribution in [0.15, 0.2) is 53.1 Å². The summed E-state index contributed by atoms with van der Waals surface area (Å²) in [5.74, 6) is 5.25. The molecule has 0 radical (unpaired) electrons. The number of carboxylic acid groups (broad SMARTS) is 1. The number of halogens is 1. The van der Waals surface area contributed by atoms with Gasteiger partial charge >= 0.3 is 12.1 Å². The third-order valence-electron chi connectivity index (χ3n) is 4.44. The minimum atomic E-state index is -0.882. The summed E-state index contributed by atoms with van der Waals surface area (Å²) in [5, 5.41) is 13.1. The van der Waals surface area contributed by atoms with E-state index in [1.54, 1.807) is 62.4 Å². The third-order valence-corrected chi connectivity index (χ3v) is 4.76. The molecule has 1 aromatic heterocycles. The Bertz CT molecular complexity index is 1180. The average molecular weight is 453 g/mol. The number of ether oxygens (including phenoxy) is 1. The number of carbonyl (C=O) groups excluding carboxylic acids is 1. The van der Waals surface area contributed by atoms with Crippen LogP contribution in [0.5, 0.6) is 0 Å². The van der Waals surface area contributed by atoms with Gasteiger partial charge in [-0.05, 0) is 50.2 Å². The van der Waals surface area contributed by atoms with E-state index >= 15 is 0 Å². The second kappa shape index (κ2) is 10.5. The first-order valence-electron chi connectivity index (χ1n) is 9.91. The summed E-state index contributed by atoms with van der Waals surface area (Å²) < 4.78 is 10.8. The second-order valence-electron chi connectivity index (χ2n) is 6.70. The van der Waals surface area contributed by atoms with Crippen LogP contribution in [0.1, 0.15) is 31.0 Å². The second-order valence-corrected chi connectivity index (χ2v) is 7.11. The molecule has 0 saturated heterocycles. The Morgan fingerprint density at radius 2 is 1.91 bits per heavy atom. The van der Waals surface area contributed by atoms with E-state index in [-0.39, 0.29) is 19.4 Å². The van der Waals surface area contributed by atoms with E-state index in [0.29, 0.717) is 33.4 Å². The van der Waals surface area contributed by atoms with E-state index in [9.17, 15) is 9.59 Å². The number of carbonyl (C=O) groups is 2. The first kappa shape index (κ1) is 22.9. The zero-order chi connectivity index (χ0) is 23.1. The molecule has 0 fully saturated rings. The van der Waals surface area contributed by atoms with Crippen LogP contribution in [-0.2, 0) is 9.53 Å². The molecule has 3 rings (SSSR count). The predicted octanol–water partition coefficient (Wildman–Crippen LogP) is 5.81. The number of anilines is 2. The van der Waals surface area contributed by atoms with Crippen molar-refractivity contribution in [1.82, 2.24) is 5.16 Å². The highest BCUT2D eigenvalue weighted by molar-refractivity contribution is 6.34. The molecule has 0 aliphatic heterocycles. The molecule has 0 aliphatic carbocycles. The lowest BCUT2D eigenvalue weighted by molar-refractivity contribution is -0.136. The number of amides is 1. The Kier molecular flexibility index (Phi) is 7.53. The van der Waals surface area contributed by atoms with Crippen LogP contribution in [-0.4, -0.2) is 28.9 Å². The molecule has 2 aromatic carbocycles. The highest BCUT2D eigenvalue weighted by Gasteiger charge is 2.29. The van der Waals surface area contributed by atoms with Crippen molar-refractivity contribution >= 4 is 35.0 Å². The summed E-state index contributed by atoms with van der Waals surface area (Å²) in [6, 6.07) is 14.1. The molecule has 8 heteroatoms. The normalized spacial score (nSPS) is 10.2. The Balaban J connectivity index is 1.99. The van der Waals surface area contributed by atoms with Crippen molar-refractivity contribution in [3.05, 3.63) is 64.8 Å². The number of hydrogen-bond acceptors (Lipinski definition) is 5. The Morgan fingerprint density at radius 3 is 2.56 bits per heavy atom. The highest BCUT2D eigenvalue weighted by atomic mass is 35.5. The molecule has 3 aromatic rings. The largest absolute Gasteiger partial charge is 0.481 e. The zero-order valence-electron chi connectivity index (χ0n) is 17.6. The van der Waals surface area contributed by atoms with Gasteiger partial charge in [-0.3, -0.25) is 4.79 Å². The molecular weight excluding hydrogens is 432 g/mol. The fourth-order valence-corrected chi connectivity index (χ4v) is 3.21. The van der Waals surface area contributed by atoms with Crippen LogP contribution in [0.4, 0.5) is 16.2 Å². The van der Waals surface area contributed by atoms with E-state index in [1.807, 2.05) is 0 Å². The molecule has 1 heterocycles. The van der Waals surface area contributed by atoms with Crippen LogP contribution in [0, 0.1) is 18.8 Å². The number of benzene rings is 2. The van der Waals surface area contributed by atoms with Gasteiger partial charge in [0.05, 0.1) is 23.7 Å². The number of hydrogen-bond donors (Lipinski definition) is 1. The van der Waals surface area contributed by atoms with Crippen molar-refractivity contribution in [2.45, 2.75) is 26.7 Å². The molecule has 0 saturated carbocycles. The maximum atomic E-state index is 12.9. The van der Waals surface area contributed by atoms with Crippen LogP contribution >= 0.6 is 11.6 Å². The van der Waals surface area contributed by atoms with Gasteiger partial charge in [0, 0.05) is 17.5 Å². The SMILES string of the molecule is CCOC(=O)N(c1ccccc1Cl)c1c(C)noc1-c1ccc(C#CCCC(=O)O)cc1. The number of nitrogens with zero attached hydrogens (tertiary/aromatic N) is 2. The fourth-order valence-electron chi connectivity index (χ4n) is 2.99. The molecule has 0 spiro atoms. The number of aliphatic carboxylic acids is 1. The number of para-hydroxylation sites is 1. The maximum absolute atomic E-state index is 12.9. The molecule has 0 aliphatic rings. The monoisotopic (exact) mass is 452 g/mol. The molecule has 1 N–H and O–H groups in total. The molecule has 0 unspecified atom stereocenters. The average Bonchev–Trinajstić information content (AvgIpc) is 3.14. The first-order chi connectivity index (χ1) is 15.4. The van der Waals surface area contributed by atoms with Gasteiger partial charge in [-0.1, -0.05) is 40.7 Å². The first-order valence-corrected chi connectivity index (χ1v) is 10.3. The smallest absolute Gasteiger partial charge is 0.419 e. The van der Waals surface area contributed by atoms with Gasteiger partial charge in [-0.2, -0.15) is 0 Å². The molecule has 7 nitrogen and oxygen atoms in total. The summed E-state index contributed by atoms with van der Waals surface area (Å²) in [6.45, 7) is 3.64. The highest BCUT2D eigenvalue weighted by Crippen LogP contribution is 2.40. The van der Waals surface area contributed by atoms with E-state index in [1.165, 1.54) is 4.90 Å². The van der Waals surface area contributed by atoms with Gasteiger partial charge in [0.15, 0.2) is 5.76 Å². The van der Waals surface area contributed by atoms with E-state index < -0.39 is 12.1 Å². The van der Waals surface area contributed by atoms with E-state index in [2.05, 4.69) is 17.0 Å². The molecule has 0 bridgehead atoms. The molecule has 0 atom stereocenters. The Morgan fingerprint density at radius 1 is 1.19 bits per heavy atom. The topological polar surface area (TPSA) is 92.9 Å². The lowest BCUT2D eigenvalue weighted by Crippen LogP contribution is -2.27. The van der Waals surface area contributed by atoms with Crippen LogP contribution < -0.4 is 4.90 Å². The molecular formula is C24H21ClN2O5. The van der Waals surface area contributed by atoms with Gasteiger partial charge in [0.2, 0.25) is 0 Å². The summed E-state index contributed by atoms with van der Waals surface area (Å²) in [7, 11) is 0. The van der Waals surface area contributed by atoms with E-state index in [0.717, 1.165) is 5.56 Å². The van der Waals surface area contributed by atoms with E-state index in [4.69, 9.17) is 26.0 Å². The van der Waals surface area contributed by atoms with Crippen LogP contribution in [0.3, 0.4) is 0 Å². The summed E-state index contributed by atoms with van der Waals surface area (Å²) >= 11 is 6.38. The van der Waals surface area contributed by atoms with Crippen molar-refractivity contribution in [2.24, 2.45) is 0 Å². The van der Waals surface area contributed by atoms with Crippen molar-refractivity contribution in [3.63, 3.8) is 0 Å². The fraction of sp³-hybridized carbons (Fsp3) is 0.208. The molecule has 32 heavy (non-hydrogen) atoms. The minimum absolute atomic E-state index is 0.00246. The van der Waals surface area contributed by atoms with Crippen molar-refractivity contribution in [3.8, 4) is 23.2 Å². The lowest BCUT2D eigenvalue weighted by atomic mass is 10.1. The van der Waals surface area contributed by atoms with Crippen LogP contribution in [0.25, 0.3) is 11.3 Å². The summed E-state index contributed by atoms with van der Waals surface area (Å²) in [4.78, 5) is 24.8. The third kappa shape index (κ3) is 5.29. The quantitative estimate of drug-likeness (QED) is 0.474. The predicted molar refractivity (Wildman–Crippen MR) is 121 cm³/mol. The summed E-state index contributed by atoms with van der Waals surface area (Å²) in [5.41, 5.74) is 2.77. The van der Waals surface area contributed by atoms with Crippen LogP contribution in [0.2, 0.25) is 5.02 Å². The van der Waals surface area contributed by atoms with Gasteiger partial charge in [0.25, 0.3) is 0 Å². The standard InChI is InChI=1S/C24H21ClN2O5/c1-3-31-24(30)27(20-10-6-5-9-19(20)25)22-16(2)26-32-23(22)18-14-12-17(13-15-18)8-4-7-11-21(28)29/h5-6,9-10,12-15H,3,7,11H2,1-2H3,(H,28,29). The van der Waals surface area contributed by atoms with Gasteiger partial charge in [-0.25, -0.2) is 9.69 Å². The number of rotatable bonds is 6. The molecule has 164 valence electrons. The Labute approximate surface area is 190 Å². The van der Waals surface area contributed by atoms with Crippen molar-refractivity contribution in [1.29, 1.82) is 0 Å². The zero-order valence-corrected chi connectivity index (χ0v) is 18.3. The number of aryl methyl sites for hydroxylation is 1. The Hall–Kier alpha value is -3.76. The lowest BCUT2D eigenvalue weighted by Gasteiger charge is -2.23.